The van der Waals surface area contributed by atoms with Crippen molar-refractivity contribution in [1.82, 2.24) is 10.2 Å². The Balaban J connectivity index is 0.000000801. The Labute approximate surface area is 193 Å². The molecule has 2 rings (SSSR count). The quantitative estimate of drug-likeness (QED) is 0.440. The maximum Gasteiger partial charge on any atom is 0.418 e. The zero-order valence-corrected chi connectivity index (χ0v) is 18.4. The Morgan fingerprint density at radius 2 is 1.61 bits per heavy atom. The second-order valence-electron chi connectivity index (χ2n) is 6.89. The number of carbonyl (C=O) groups is 3. The van der Waals surface area contributed by atoms with Crippen LogP contribution in [-0.2, 0) is 20.6 Å². The van der Waals surface area contributed by atoms with Crippen LogP contribution in [0.5, 0.6) is 0 Å². The fourth-order valence-electron chi connectivity index (χ4n) is 2.50. The summed E-state index contributed by atoms with van der Waals surface area (Å²) in [5.41, 5.74) is -0.646. The first-order chi connectivity index (χ1) is 15.3. The fraction of sp³-hybridized carbons (Fsp3) is 0.286. The Hall–Kier alpha value is -3.15. The number of carbonyl (C=O) groups excluding carboxylic acids is 1. The number of halogens is 4. The van der Waals surface area contributed by atoms with E-state index in [0.717, 1.165) is 12.1 Å². The molecule has 33 heavy (non-hydrogen) atoms. The standard InChI is InChI=1S/C19H21ClF3N3O.C2H2O4/c1-26(2)11-10-24-17(13-6-4-3-5-7-13)18(27)25-16-9-8-14(20)12-15(16)19(21,22)23;3-1(4)2(5)6/h3-9,12,17,24H,10-11H2,1-2H3,(H,25,27);(H,3,4)(H,5,6). The number of likely N-dealkylation sites (N-methyl/N-ethyl adjacent to an activating group) is 1. The average molecular weight is 490 g/mol. The zero-order chi connectivity index (χ0) is 25.2. The van der Waals surface area contributed by atoms with E-state index in [9.17, 15) is 18.0 Å². The van der Waals surface area contributed by atoms with Gasteiger partial charge in [0.2, 0.25) is 5.91 Å². The van der Waals surface area contributed by atoms with E-state index in [-0.39, 0.29) is 10.7 Å². The summed E-state index contributed by atoms with van der Waals surface area (Å²) >= 11 is 5.69. The van der Waals surface area contributed by atoms with E-state index < -0.39 is 35.6 Å². The van der Waals surface area contributed by atoms with Crippen LogP contribution in [0.15, 0.2) is 48.5 Å². The van der Waals surface area contributed by atoms with Crippen LogP contribution in [0.4, 0.5) is 18.9 Å². The molecule has 0 fully saturated rings. The summed E-state index contributed by atoms with van der Waals surface area (Å²) in [6, 6.07) is 11.3. The Morgan fingerprint density at radius 3 is 2.09 bits per heavy atom. The smallest absolute Gasteiger partial charge is 0.418 e. The summed E-state index contributed by atoms with van der Waals surface area (Å²) in [5.74, 6) is -4.22. The first-order valence-electron chi connectivity index (χ1n) is 9.39. The van der Waals surface area contributed by atoms with Gasteiger partial charge >= 0.3 is 18.1 Å². The fourth-order valence-corrected chi connectivity index (χ4v) is 2.68. The highest BCUT2D eigenvalue weighted by Crippen LogP contribution is 2.36. The summed E-state index contributed by atoms with van der Waals surface area (Å²) < 4.78 is 39.8. The first-order valence-corrected chi connectivity index (χ1v) is 9.77. The number of carboxylic acids is 2. The van der Waals surface area contributed by atoms with Crippen molar-refractivity contribution in [2.24, 2.45) is 0 Å². The minimum atomic E-state index is -4.63. The van der Waals surface area contributed by atoms with E-state index in [1.807, 2.05) is 19.0 Å². The maximum absolute atomic E-state index is 13.3. The summed E-state index contributed by atoms with van der Waals surface area (Å²) in [5, 5.41) is 20.2. The van der Waals surface area contributed by atoms with E-state index in [2.05, 4.69) is 10.6 Å². The number of aliphatic carboxylic acids is 2. The molecule has 0 bridgehead atoms. The van der Waals surface area contributed by atoms with Gasteiger partial charge in [-0.25, -0.2) is 9.59 Å². The van der Waals surface area contributed by atoms with Crippen LogP contribution in [0.25, 0.3) is 0 Å². The number of nitrogens with one attached hydrogen (secondary N) is 2. The molecular formula is C21H23ClF3N3O5. The zero-order valence-electron chi connectivity index (χ0n) is 17.7. The second kappa shape index (κ2) is 12.8. The van der Waals surface area contributed by atoms with Crippen molar-refractivity contribution in [3.63, 3.8) is 0 Å². The number of carboxylic acid groups (broad SMARTS) is 2. The molecule has 0 radical (unpaired) electrons. The molecule has 0 aliphatic carbocycles. The van der Waals surface area contributed by atoms with Gasteiger partial charge in [-0.2, -0.15) is 13.2 Å². The number of alkyl halides is 3. The first kappa shape index (κ1) is 27.9. The van der Waals surface area contributed by atoms with Crippen molar-refractivity contribution < 1.29 is 37.8 Å². The highest BCUT2D eigenvalue weighted by atomic mass is 35.5. The topological polar surface area (TPSA) is 119 Å². The number of anilines is 1. The van der Waals surface area contributed by atoms with Gasteiger partial charge in [0.1, 0.15) is 6.04 Å². The average Bonchev–Trinajstić information content (AvgIpc) is 2.72. The summed E-state index contributed by atoms with van der Waals surface area (Å²) in [6.07, 6.45) is -4.63. The summed E-state index contributed by atoms with van der Waals surface area (Å²) in [7, 11) is 3.78. The largest absolute Gasteiger partial charge is 0.473 e. The third-order valence-electron chi connectivity index (χ3n) is 4.03. The van der Waals surface area contributed by atoms with E-state index in [1.54, 1.807) is 30.3 Å². The molecule has 2 aromatic carbocycles. The van der Waals surface area contributed by atoms with Gasteiger partial charge in [0.25, 0.3) is 0 Å². The molecule has 12 heteroatoms. The predicted octanol–water partition coefficient (Wildman–Crippen LogP) is 3.35. The molecule has 0 aliphatic rings. The van der Waals surface area contributed by atoms with Gasteiger partial charge in [0, 0.05) is 18.1 Å². The van der Waals surface area contributed by atoms with Gasteiger partial charge < -0.3 is 25.7 Å². The molecule has 1 amide bonds. The molecule has 4 N–H and O–H groups in total. The number of benzene rings is 2. The molecule has 1 unspecified atom stereocenters. The monoisotopic (exact) mass is 489 g/mol. The molecule has 180 valence electrons. The minimum absolute atomic E-state index is 0.0518. The Morgan fingerprint density at radius 1 is 1.03 bits per heavy atom. The molecule has 0 aliphatic heterocycles. The van der Waals surface area contributed by atoms with Gasteiger partial charge in [0.15, 0.2) is 0 Å². The normalized spacial score (nSPS) is 11.8. The van der Waals surface area contributed by atoms with Crippen LogP contribution in [0, 0.1) is 0 Å². The van der Waals surface area contributed by atoms with Crippen LogP contribution in [-0.4, -0.2) is 60.1 Å². The van der Waals surface area contributed by atoms with Crippen LogP contribution >= 0.6 is 11.6 Å². The van der Waals surface area contributed by atoms with Gasteiger partial charge in [-0.1, -0.05) is 41.9 Å². The van der Waals surface area contributed by atoms with Crippen LogP contribution < -0.4 is 10.6 Å². The minimum Gasteiger partial charge on any atom is -0.473 e. The molecule has 1 atom stereocenters. The molecule has 2 aromatic rings. The molecule has 0 spiro atoms. The van der Waals surface area contributed by atoms with E-state index >= 15 is 0 Å². The lowest BCUT2D eigenvalue weighted by molar-refractivity contribution is -0.159. The summed E-state index contributed by atoms with van der Waals surface area (Å²) in [4.78, 5) is 32.9. The van der Waals surface area contributed by atoms with E-state index in [1.165, 1.54) is 6.07 Å². The third-order valence-corrected chi connectivity index (χ3v) is 4.27. The highest BCUT2D eigenvalue weighted by Gasteiger charge is 2.35. The second-order valence-corrected chi connectivity index (χ2v) is 7.32. The number of rotatable bonds is 7. The molecular weight excluding hydrogens is 467 g/mol. The van der Waals surface area contributed by atoms with Crippen molar-refractivity contribution in [1.29, 1.82) is 0 Å². The highest BCUT2D eigenvalue weighted by molar-refractivity contribution is 6.30. The van der Waals surface area contributed by atoms with Gasteiger partial charge in [-0.15, -0.1) is 0 Å². The van der Waals surface area contributed by atoms with Gasteiger partial charge in [-0.3, -0.25) is 4.79 Å². The van der Waals surface area contributed by atoms with Crippen LogP contribution in [0.3, 0.4) is 0 Å². The number of hydrogen-bond acceptors (Lipinski definition) is 5. The Kier molecular flexibility index (Phi) is 10.8. The van der Waals surface area contributed by atoms with Gasteiger partial charge in [0.05, 0.1) is 11.3 Å². The van der Waals surface area contributed by atoms with Crippen LogP contribution in [0.1, 0.15) is 17.2 Å². The van der Waals surface area contributed by atoms with Crippen LogP contribution in [0.2, 0.25) is 5.02 Å². The lowest BCUT2D eigenvalue weighted by Crippen LogP contribution is -2.37. The summed E-state index contributed by atoms with van der Waals surface area (Å²) in [6.45, 7) is 1.16. The predicted molar refractivity (Wildman–Crippen MR) is 116 cm³/mol. The van der Waals surface area contributed by atoms with Crippen molar-refractivity contribution in [3.8, 4) is 0 Å². The molecule has 0 aromatic heterocycles. The Bertz CT molecular complexity index is 944. The molecule has 0 heterocycles. The number of amides is 1. The van der Waals surface area contributed by atoms with Crippen molar-refractivity contribution in [2.45, 2.75) is 12.2 Å². The van der Waals surface area contributed by atoms with Crippen molar-refractivity contribution in [3.05, 3.63) is 64.7 Å². The number of hydrogen-bond donors (Lipinski definition) is 4. The lowest BCUT2D eigenvalue weighted by Gasteiger charge is -2.21. The third kappa shape index (κ3) is 9.89. The SMILES string of the molecule is CN(C)CCNC(C(=O)Nc1ccc(Cl)cc1C(F)(F)F)c1ccccc1.O=C(O)C(=O)O. The molecule has 0 saturated heterocycles. The molecule has 8 nitrogen and oxygen atoms in total. The van der Waals surface area contributed by atoms with Crippen molar-refractivity contribution in [2.75, 3.05) is 32.5 Å². The van der Waals surface area contributed by atoms with E-state index in [0.29, 0.717) is 18.7 Å². The molecule has 0 saturated carbocycles. The number of nitrogens with zero attached hydrogens (tertiary/aromatic N) is 1. The van der Waals surface area contributed by atoms with Crippen molar-refractivity contribution >= 4 is 35.1 Å². The maximum atomic E-state index is 13.3. The lowest BCUT2D eigenvalue weighted by atomic mass is 10.1. The van der Waals surface area contributed by atoms with E-state index in [4.69, 9.17) is 31.4 Å². The van der Waals surface area contributed by atoms with Gasteiger partial charge in [-0.05, 0) is 37.9 Å².